The Bertz CT molecular complexity index is 194. The molecule has 1 unspecified atom stereocenters. The standard InChI is InChI=1S/C7H9F7O/c1-2-15-3-6(11,12)4(8)7(13,14)5(9)10/h4-5H,2-3H2,1H3. The summed E-state index contributed by atoms with van der Waals surface area (Å²) >= 11 is 0. The van der Waals surface area contributed by atoms with E-state index in [1.807, 2.05) is 0 Å². The summed E-state index contributed by atoms with van der Waals surface area (Å²) in [4.78, 5) is 0. The normalized spacial score (nSPS) is 15.8. The second-order valence-corrected chi connectivity index (χ2v) is 2.74. The average Bonchev–Trinajstić information content (AvgIpc) is 2.13. The van der Waals surface area contributed by atoms with E-state index in [0.29, 0.717) is 0 Å². The van der Waals surface area contributed by atoms with Crippen LogP contribution in [0.1, 0.15) is 6.92 Å². The molecule has 0 heterocycles. The maximum absolute atomic E-state index is 12.5. The van der Waals surface area contributed by atoms with Crippen LogP contribution in [0, 0.1) is 0 Å². The van der Waals surface area contributed by atoms with Gasteiger partial charge in [-0.25, -0.2) is 22.0 Å². The lowest BCUT2D eigenvalue weighted by atomic mass is 10.1. The first-order chi connectivity index (χ1) is 6.66. The van der Waals surface area contributed by atoms with Gasteiger partial charge in [-0.05, 0) is 6.92 Å². The van der Waals surface area contributed by atoms with Crippen LogP contribution >= 0.6 is 0 Å². The molecule has 0 rings (SSSR count). The molecule has 0 amide bonds. The molecule has 0 aromatic rings. The molecule has 0 aliphatic carbocycles. The van der Waals surface area contributed by atoms with Crippen LogP contribution < -0.4 is 0 Å². The first-order valence-electron chi connectivity index (χ1n) is 3.91. The van der Waals surface area contributed by atoms with Gasteiger partial charge in [-0.2, -0.15) is 8.78 Å². The molecular weight excluding hydrogens is 233 g/mol. The highest BCUT2D eigenvalue weighted by Crippen LogP contribution is 2.38. The van der Waals surface area contributed by atoms with Crippen LogP contribution in [0.25, 0.3) is 0 Å². The van der Waals surface area contributed by atoms with E-state index in [1.165, 1.54) is 6.92 Å². The Balaban J connectivity index is 4.59. The van der Waals surface area contributed by atoms with Gasteiger partial charge >= 0.3 is 18.3 Å². The van der Waals surface area contributed by atoms with Crippen molar-refractivity contribution in [2.45, 2.75) is 31.4 Å². The van der Waals surface area contributed by atoms with E-state index in [2.05, 4.69) is 4.74 Å². The van der Waals surface area contributed by atoms with Gasteiger partial charge in [0.15, 0.2) is 0 Å². The van der Waals surface area contributed by atoms with Crippen LogP contribution in [0.3, 0.4) is 0 Å². The fourth-order valence-corrected chi connectivity index (χ4v) is 0.703. The fraction of sp³-hybridized carbons (Fsp3) is 1.00. The van der Waals surface area contributed by atoms with Gasteiger partial charge in [0, 0.05) is 6.61 Å². The number of rotatable bonds is 6. The summed E-state index contributed by atoms with van der Waals surface area (Å²) < 4.78 is 89.1. The van der Waals surface area contributed by atoms with E-state index < -0.39 is 31.0 Å². The van der Waals surface area contributed by atoms with Crippen molar-refractivity contribution in [2.24, 2.45) is 0 Å². The molecule has 0 aliphatic heterocycles. The number of hydrogen-bond donors (Lipinski definition) is 0. The highest BCUT2D eigenvalue weighted by molar-refractivity contribution is 4.90. The lowest BCUT2D eigenvalue weighted by Crippen LogP contribution is -2.50. The third kappa shape index (κ3) is 3.51. The SMILES string of the molecule is CCOCC(F)(F)C(F)C(F)(F)C(F)F. The van der Waals surface area contributed by atoms with Crippen molar-refractivity contribution in [1.82, 2.24) is 0 Å². The largest absolute Gasteiger partial charge is 0.375 e. The minimum atomic E-state index is -5.39. The third-order valence-corrected chi connectivity index (χ3v) is 1.50. The molecular formula is C7H9F7O. The molecule has 0 aliphatic rings. The van der Waals surface area contributed by atoms with Crippen LogP contribution in [-0.2, 0) is 4.74 Å². The van der Waals surface area contributed by atoms with Crippen LogP contribution in [0.15, 0.2) is 0 Å². The molecule has 0 saturated carbocycles. The number of hydrogen-bond acceptors (Lipinski definition) is 1. The minimum absolute atomic E-state index is 0.261. The van der Waals surface area contributed by atoms with Gasteiger partial charge < -0.3 is 4.74 Å². The quantitative estimate of drug-likeness (QED) is 0.651. The van der Waals surface area contributed by atoms with Gasteiger partial charge in [0.1, 0.15) is 6.61 Å². The van der Waals surface area contributed by atoms with Crippen LogP contribution in [0.4, 0.5) is 30.7 Å². The van der Waals surface area contributed by atoms with Gasteiger partial charge in [-0.1, -0.05) is 0 Å². The highest BCUT2D eigenvalue weighted by Gasteiger charge is 2.61. The summed E-state index contributed by atoms with van der Waals surface area (Å²) in [5.74, 6) is -10.0. The van der Waals surface area contributed by atoms with Crippen molar-refractivity contribution < 1.29 is 35.5 Å². The molecule has 8 heteroatoms. The van der Waals surface area contributed by atoms with Crippen LogP contribution in [0.5, 0.6) is 0 Å². The van der Waals surface area contributed by atoms with Gasteiger partial charge in [0.2, 0.25) is 6.17 Å². The summed E-state index contributed by atoms with van der Waals surface area (Å²) in [5, 5.41) is 0. The van der Waals surface area contributed by atoms with Crippen molar-refractivity contribution in [3.63, 3.8) is 0 Å². The maximum Gasteiger partial charge on any atom is 0.343 e. The second-order valence-electron chi connectivity index (χ2n) is 2.74. The van der Waals surface area contributed by atoms with E-state index in [9.17, 15) is 30.7 Å². The monoisotopic (exact) mass is 242 g/mol. The van der Waals surface area contributed by atoms with Gasteiger partial charge in [0.25, 0.3) is 0 Å². The van der Waals surface area contributed by atoms with Gasteiger partial charge in [-0.15, -0.1) is 0 Å². The summed E-state index contributed by atoms with van der Waals surface area (Å²) in [5.41, 5.74) is 0. The molecule has 0 fully saturated rings. The fourth-order valence-electron chi connectivity index (χ4n) is 0.703. The van der Waals surface area contributed by atoms with E-state index in [0.717, 1.165) is 0 Å². The minimum Gasteiger partial charge on any atom is -0.375 e. The first kappa shape index (κ1) is 14.5. The van der Waals surface area contributed by atoms with Crippen molar-refractivity contribution in [3.05, 3.63) is 0 Å². The molecule has 0 saturated heterocycles. The molecule has 0 bridgehead atoms. The van der Waals surface area contributed by atoms with Crippen molar-refractivity contribution in [2.75, 3.05) is 13.2 Å². The number of ether oxygens (including phenoxy) is 1. The number of halogens is 7. The summed E-state index contributed by atoms with van der Waals surface area (Å²) in [7, 11) is 0. The number of alkyl halides is 7. The van der Waals surface area contributed by atoms with Gasteiger partial charge in [0.05, 0.1) is 0 Å². The Kier molecular flexibility index (Phi) is 4.82. The predicted octanol–water partition coefficient (Wildman–Crippen LogP) is 2.90. The molecule has 1 atom stereocenters. The zero-order valence-corrected chi connectivity index (χ0v) is 7.62. The Morgan fingerprint density at radius 2 is 1.53 bits per heavy atom. The lowest BCUT2D eigenvalue weighted by Gasteiger charge is -2.26. The van der Waals surface area contributed by atoms with E-state index in [4.69, 9.17) is 0 Å². The van der Waals surface area contributed by atoms with Gasteiger partial charge in [-0.3, -0.25) is 0 Å². The zero-order valence-electron chi connectivity index (χ0n) is 7.62. The van der Waals surface area contributed by atoms with Crippen molar-refractivity contribution in [1.29, 1.82) is 0 Å². The smallest absolute Gasteiger partial charge is 0.343 e. The lowest BCUT2D eigenvalue weighted by molar-refractivity contribution is -0.242. The summed E-state index contributed by atoms with van der Waals surface area (Å²) in [6, 6.07) is 0. The Hall–Kier alpha value is -0.530. The molecule has 15 heavy (non-hydrogen) atoms. The van der Waals surface area contributed by atoms with Crippen LogP contribution in [0.2, 0.25) is 0 Å². The van der Waals surface area contributed by atoms with E-state index in [-0.39, 0.29) is 6.61 Å². The Morgan fingerprint density at radius 3 is 1.87 bits per heavy atom. The highest BCUT2D eigenvalue weighted by atomic mass is 19.3. The topological polar surface area (TPSA) is 9.23 Å². The van der Waals surface area contributed by atoms with Crippen LogP contribution in [-0.4, -0.2) is 37.7 Å². The molecule has 0 aromatic heterocycles. The first-order valence-corrected chi connectivity index (χ1v) is 3.91. The zero-order chi connectivity index (χ0) is 12.3. The summed E-state index contributed by atoms with van der Waals surface area (Å²) in [6.07, 6.45) is -8.75. The Labute approximate surface area is 81.2 Å². The maximum atomic E-state index is 12.5. The second kappa shape index (κ2) is 5.00. The molecule has 92 valence electrons. The molecule has 0 aromatic carbocycles. The summed E-state index contributed by atoms with van der Waals surface area (Å²) in [6.45, 7) is -0.649. The molecule has 0 radical (unpaired) electrons. The van der Waals surface area contributed by atoms with Crippen molar-refractivity contribution in [3.8, 4) is 0 Å². The van der Waals surface area contributed by atoms with E-state index >= 15 is 0 Å². The predicted molar refractivity (Wildman–Crippen MR) is 37.3 cm³/mol. The average molecular weight is 242 g/mol. The van der Waals surface area contributed by atoms with E-state index in [1.54, 1.807) is 0 Å². The molecule has 1 nitrogen and oxygen atoms in total. The third-order valence-electron chi connectivity index (χ3n) is 1.50. The Morgan fingerprint density at radius 1 is 1.07 bits per heavy atom. The molecule has 0 N–H and O–H groups in total. The molecule has 0 spiro atoms. The van der Waals surface area contributed by atoms with Crippen molar-refractivity contribution >= 4 is 0 Å².